The zero-order chi connectivity index (χ0) is 12.4. The summed E-state index contributed by atoms with van der Waals surface area (Å²) in [4.78, 5) is 14.3. The molecule has 2 rings (SSSR count). The number of methoxy groups -OCH3 is 1. The molecule has 17 heavy (non-hydrogen) atoms. The molecule has 0 saturated carbocycles. The van der Waals surface area contributed by atoms with Crippen LogP contribution in [0.3, 0.4) is 0 Å². The number of halogens is 1. The number of pyridine rings is 1. The summed E-state index contributed by atoms with van der Waals surface area (Å²) in [7, 11) is 1.40. The molecule has 2 aromatic heterocycles. The molecule has 0 saturated heterocycles. The second-order valence-corrected chi connectivity index (χ2v) is 3.13. The fraction of sp³-hybridized carbons (Fsp3) is 0.100. The van der Waals surface area contributed by atoms with Crippen LogP contribution in [0.1, 0.15) is 10.5 Å². The van der Waals surface area contributed by atoms with Gasteiger partial charge in [-0.15, -0.1) is 0 Å². The van der Waals surface area contributed by atoms with E-state index in [1.165, 1.54) is 25.4 Å². The molecule has 0 aliphatic carbocycles. The van der Waals surface area contributed by atoms with Gasteiger partial charge in [0.1, 0.15) is 5.69 Å². The third-order valence-electron chi connectivity index (χ3n) is 2.07. The van der Waals surface area contributed by atoms with Gasteiger partial charge in [-0.25, -0.2) is 18.9 Å². The van der Waals surface area contributed by atoms with Gasteiger partial charge < -0.3 is 9.84 Å². The Morgan fingerprint density at radius 2 is 2.35 bits per heavy atom. The van der Waals surface area contributed by atoms with Crippen molar-refractivity contribution in [2.75, 3.05) is 7.11 Å². The topological polar surface area (TPSA) is 77.2 Å². The lowest BCUT2D eigenvalue weighted by molar-refractivity contribution is 0.0690. The second-order valence-electron chi connectivity index (χ2n) is 3.13. The van der Waals surface area contributed by atoms with Gasteiger partial charge in [-0.05, 0) is 6.07 Å². The Morgan fingerprint density at radius 1 is 1.59 bits per heavy atom. The minimum Gasteiger partial charge on any atom is -0.481 e. The first-order valence-corrected chi connectivity index (χ1v) is 4.60. The van der Waals surface area contributed by atoms with E-state index in [-0.39, 0.29) is 17.3 Å². The first-order chi connectivity index (χ1) is 8.11. The number of hydrogen-bond acceptors (Lipinski definition) is 4. The largest absolute Gasteiger partial charge is 0.481 e. The van der Waals surface area contributed by atoms with Crippen molar-refractivity contribution >= 4 is 5.97 Å². The second kappa shape index (κ2) is 4.20. The number of rotatable bonds is 3. The van der Waals surface area contributed by atoms with Gasteiger partial charge in [-0.1, -0.05) is 0 Å². The Balaban J connectivity index is 2.47. The van der Waals surface area contributed by atoms with Crippen LogP contribution in [0, 0.1) is 5.82 Å². The Hall–Kier alpha value is -2.44. The molecule has 7 heteroatoms. The number of carbonyl (C=O) groups is 1. The van der Waals surface area contributed by atoms with Crippen molar-refractivity contribution < 1.29 is 19.0 Å². The highest BCUT2D eigenvalue weighted by Crippen LogP contribution is 2.17. The predicted octanol–water partition coefficient (Wildman–Crippen LogP) is 1.11. The fourth-order valence-corrected chi connectivity index (χ4v) is 1.27. The molecular weight excluding hydrogens is 229 g/mol. The van der Waals surface area contributed by atoms with Gasteiger partial charge in [-0.3, -0.25) is 0 Å². The smallest absolute Gasteiger partial charge is 0.356 e. The summed E-state index contributed by atoms with van der Waals surface area (Å²) in [5.41, 5.74) is -0.0930. The van der Waals surface area contributed by atoms with Crippen molar-refractivity contribution in [3.05, 3.63) is 36.0 Å². The monoisotopic (exact) mass is 237 g/mol. The number of aromatic nitrogens is 3. The molecule has 6 nitrogen and oxygen atoms in total. The number of nitrogens with zero attached hydrogens (tertiary/aromatic N) is 3. The van der Waals surface area contributed by atoms with Gasteiger partial charge in [0.05, 0.1) is 13.3 Å². The Labute approximate surface area is 95.3 Å². The summed E-state index contributed by atoms with van der Waals surface area (Å²) < 4.78 is 19.4. The molecule has 2 heterocycles. The Bertz CT molecular complexity index is 568. The molecule has 0 fully saturated rings. The summed E-state index contributed by atoms with van der Waals surface area (Å²) in [5, 5.41) is 12.4. The summed E-state index contributed by atoms with van der Waals surface area (Å²) in [6, 6.07) is 2.60. The maximum absolute atomic E-state index is 13.5. The van der Waals surface area contributed by atoms with Crippen LogP contribution in [0.2, 0.25) is 0 Å². The summed E-state index contributed by atoms with van der Waals surface area (Å²) in [6.07, 6.45) is 2.33. The predicted molar refractivity (Wildman–Crippen MR) is 54.8 cm³/mol. The molecule has 0 aliphatic rings. The third-order valence-corrected chi connectivity index (χ3v) is 2.07. The van der Waals surface area contributed by atoms with E-state index in [9.17, 15) is 9.18 Å². The maximum atomic E-state index is 13.5. The maximum Gasteiger partial charge on any atom is 0.356 e. The van der Waals surface area contributed by atoms with Crippen molar-refractivity contribution in [2.45, 2.75) is 0 Å². The van der Waals surface area contributed by atoms with Crippen LogP contribution in [0.25, 0.3) is 5.69 Å². The minimum absolute atomic E-state index is 0.0735. The zero-order valence-corrected chi connectivity index (χ0v) is 8.79. The molecule has 88 valence electrons. The molecule has 0 aromatic carbocycles. The number of carboxylic acid groups (broad SMARTS) is 1. The lowest BCUT2D eigenvalue weighted by Crippen LogP contribution is -2.03. The van der Waals surface area contributed by atoms with E-state index in [1.54, 1.807) is 0 Å². The van der Waals surface area contributed by atoms with Crippen LogP contribution in [0.15, 0.2) is 24.5 Å². The van der Waals surface area contributed by atoms with Crippen molar-refractivity contribution in [3.63, 3.8) is 0 Å². The SMILES string of the molecule is COc1cc(-n2ccc(C(=O)O)n2)c(F)cn1. The van der Waals surface area contributed by atoms with Crippen LogP contribution in [0.5, 0.6) is 5.88 Å². The third kappa shape index (κ3) is 2.07. The van der Waals surface area contributed by atoms with Crippen LogP contribution >= 0.6 is 0 Å². The molecule has 0 unspecified atom stereocenters. The van der Waals surface area contributed by atoms with Gasteiger partial charge in [0.25, 0.3) is 0 Å². The molecule has 0 aliphatic heterocycles. The van der Waals surface area contributed by atoms with E-state index in [4.69, 9.17) is 9.84 Å². The molecule has 0 spiro atoms. The summed E-state index contributed by atoms with van der Waals surface area (Å²) >= 11 is 0. The van der Waals surface area contributed by atoms with E-state index < -0.39 is 11.8 Å². The van der Waals surface area contributed by atoms with E-state index in [0.717, 1.165) is 10.9 Å². The number of ether oxygens (including phenoxy) is 1. The molecule has 0 bridgehead atoms. The van der Waals surface area contributed by atoms with Gasteiger partial charge in [-0.2, -0.15) is 5.10 Å². The highest BCUT2D eigenvalue weighted by Gasteiger charge is 2.12. The summed E-state index contributed by atoms with van der Waals surface area (Å²) in [6.45, 7) is 0. The van der Waals surface area contributed by atoms with E-state index >= 15 is 0 Å². The van der Waals surface area contributed by atoms with Crippen molar-refractivity contribution in [1.29, 1.82) is 0 Å². The average Bonchev–Trinajstić information content (AvgIpc) is 2.79. The van der Waals surface area contributed by atoms with Crippen LogP contribution in [0.4, 0.5) is 4.39 Å². The average molecular weight is 237 g/mol. The quantitative estimate of drug-likeness (QED) is 0.865. The molecule has 1 N–H and O–H groups in total. The lowest BCUT2D eigenvalue weighted by Gasteiger charge is -2.04. The number of aromatic carboxylic acids is 1. The lowest BCUT2D eigenvalue weighted by atomic mass is 10.4. The van der Waals surface area contributed by atoms with Gasteiger partial charge >= 0.3 is 5.97 Å². The van der Waals surface area contributed by atoms with Gasteiger partial charge in [0.2, 0.25) is 5.88 Å². The van der Waals surface area contributed by atoms with Crippen LogP contribution < -0.4 is 4.74 Å². The van der Waals surface area contributed by atoms with Gasteiger partial charge in [0, 0.05) is 12.3 Å². The molecule has 0 amide bonds. The number of carboxylic acids is 1. The number of hydrogen-bond donors (Lipinski definition) is 1. The van der Waals surface area contributed by atoms with Crippen LogP contribution in [-0.4, -0.2) is 33.0 Å². The first kappa shape index (κ1) is 11.1. The Morgan fingerprint density at radius 3 is 2.94 bits per heavy atom. The Kier molecular flexibility index (Phi) is 2.73. The van der Waals surface area contributed by atoms with Crippen molar-refractivity contribution in [2.24, 2.45) is 0 Å². The van der Waals surface area contributed by atoms with Crippen LogP contribution in [-0.2, 0) is 0 Å². The van der Waals surface area contributed by atoms with E-state index in [0.29, 0.717) is 0 Å². The van der Waals surface area contributed by atoms with Crippen molar-refractivity contribution in [1.82, 2.24) is 14.8 Å². The molecule has 0 radical (unpaired) electrons. The molecular formula is C10H8FN3O3. The molecule has 0 atom stereocenters. The van der Waals surface area contributed by atoms with Crippen molar-refractivity contribution in [3.8, 4) is 11.6 Å². The highest BCUT2D eigenvalue weighted by atomic mass is 19.1. The highest BCUT2D eigenvalue weighted by molar-refractivity contribution is 5.85. The fourth-order valence-electron chi connectivity index (χ4n) is 1.27. The first-order valence-electron chi connectivity index (χ1n) is 4.60. The normalized spacial score (nSPS) is 10.2. The van der Waals surface area contributed by atoms with E-state index in [1.807, 2.05) is 0 Å². The van der Waals surface area contributed by atoms with Gasteiger partial charge in [0.15, 0.2) is 11.5 Å². The molecule has 2 aromatic rings. The summed E-state index contributed by atoms with van der Waals surface area (Å²) in [5.74, 6) is -1.58. The standard InChI is InChI=1S/C10H8FN3O3/c1-17-9-4-8(6(11)5-12-9)14-3-2-7(13-14)10(15)16/h2-5H,1H3,(H,15,16). The minimum atomic E-state index is -1.18. The zero-order valence-electron chi connectivity index (χ0n) is 8.79. The van der Waals surface area contributed by atoms with E-state index in [2.05, 4.69) is 10.1 Å².